The second kappa shape index (κ2) is 12.4. The monoisotopic (exact) mass is 487 g/mol. The quantitative estimate of drug-likeness (QED) is 0.332. The molecular weight excluding hydrogens is 449 g/mol. The van der Waals surface area contributed by atoms with Crippen molar-refractivity contribution in [2.75, 3.05) is 45.2 Å². The van der Waals surface area contributed by atoms with Crippen LogP contribution >= 0.6 is 24.0 Å². The largest absolute Gasteiger partial charge is 0.372 e. The van der Waals surface area contributed by atoms with Gasteiger partial charge in [0.25, 0.3) is 0 Å². The van der Waals surface area contributed by atoms with Crippen LogP contribution in [0.25, 0.3) is 0 Å². The molecular formula is C21H38IN5. The van der Waals surface area contributed by atoms with Crippen molar-refractivity contribution >= 4 is 35.6 Å². The molecule has 1 fully saturated rings. The second-order valence-corrected chi connectivity index (χ2v) is 7.39. The predicted molar refractivity (Wildman–Crippen MR) is 129 cm³/mol. The zero-order valence-electron chi connectivity index (χ0n) is 17.7. The molecule has 154 valence electrons. The highest BCUT2D eigenvalue weighted by Crippen LogP contribution is 2.23. The van der Waals surface area contributed by atoms with Gasteiger partial charge in [0.1, 0.15) is 0 Å². The molecule has 1 aromatic carbocycles. The van der Waals surface area contributed by atoms with Gasteiger partial charge in [-0.25, -0.2) is 0 Å². The average Bonchev–Trinajstić information content (AvgIpc) is 3.21. The van der Waals surface area contributed by atoms with Crippen molar-refractivity contribution < 1.29 is 0 Å². The van der Waals surface area contributed by atoms with Gasteiger partial charge in [-0.05, 0) is 57.9 Å². The minimum atomic E-state index is 0. The summed E-state index contributed by atoms with van der Waals surface area (Å²) in [5.41, 5.74) is 2.64. The molecule has 0 amide bonds. The number of nitrogens with zero attached hydrogens (tertiary/aromatic N) is 3. The first-order valence-corrected chi connectivity index (χ1v) is 10.1. The minimum Gasteiger partial charge on any atom is -0.372 e. The van der Waals surface area contributed by atoms with E-state index in [1.807, 2.05) is 7.05 Å². The third kappa shape index (κ3) is 7.49. The molecule has 1 aliphatic rings. The van der Waals surface area contributed by atoms with Crippen molar-refractivity contribution in [1.82, 2.24) is 15.5 Å². The molecule has 0 radical (unpaired) electrons. The third-order valence-electron chi connectivity index (χ3n) is 5.52. The van der Waals surface area contributed by atoms with Crippen molar-refractivity contribution in [3.05, 3.63) is 29.8 Å². The zero-order valence-corrected chi connectivity index (χ0v) is 20.0. The van der Waals surface area contributed by atoms with Gasteiger partial charge >= 0.3 is 0 Å². The molecule has 1 aliphatic heterocycles. The minimum absolute atomic E-state index is 0. The number of rotatable bonds is 8. The molecule has 1 saturated heterocycles. The van der Waals surface area contributed by atoms with Crippen LogP contribution in [0.3, 0.4) is 0 Å². The topological polar surface area (TPSA) is 42.9 Å². The van der Waals surface area contributed by atoms with Gasteiger partial charge in [0.2, 0.25) is 0 Å². The molecule has 27 heavy (non-hydrogen) atoms. The van der Waals surface area contributed by atoms with Gasteiger partial charge in [0.05, 0.1) is 6.04 Å². The molecule has 1 heterocycles. The van der Waals surface area contributed by atoms with E-state index in [0.29, 0.717) is 6.04 Å². The van der Waals surface area contributed by atoms with E-state index < -0.39 is 0 Å². The smallest absolute Gasteiger partial charge is 0.191 e. The molecule has 0 spiro atoms. The predicted octanol–water partition coefficient (Wildman–Crippen LogP) is 3.86. The van der Waals surface area contributed by atoms with Gasteiger partial charge in [-0.2, -0.15) is 0 Å². The Bertz CT molecular complexity index is 571. The molecule has 2 N–H and O–H groups in total. The maximum absolute atomic E-state index is 4.38. The van der Waals surface area contributed by atoms with Crippen molar-refractivity contribution in [2.24, 2.45) is 4.99 Å². The molecule has 6 heteroatoms. The Balaban J connectivity index is 0.00000364. The maximum atomic E-state index is 4.38. The van der Waals surface area contributed by atoms with E-state index in [-0.39, 0.29) is 30.0 Å². The SMILES string of the molecule is CCC(C)N(C)CCNC(=NC)NC(C)c1cccc(N2CCCC2)c1.I. The van der Waals surface area contributed by atoms with Crippen molar-refractivity contribution in [1.29, 1.82) is 0 Å². The number of anilines is 1. The first-order valence-electron chi connectivity index (χ1n) is 10.1. The van der Waals surface area contributed by atoms with Crippen molar-refractivity contribution in [3.63, 3.8) is 0 Å². The summed E-state index contributed by atoms with van der Waals surface area (Å²) in [6, 6.07) is 9.72. The molecule has 0 bridgehead atoms. The standard InChI is InChI=1S/C21H37N5.HI/c1-6-17(2)25(5)15-12-23-21(22-4)24-18(3)19-10-9-11-20(16-19)26-13-7-8-14-26;/h9-11,16-18H,6-8,12-15H2,1-5H3,(H2,22,23,24);1H. The highest BCUT2D eigenvalue weighted by atomic mass is 127. The van der Waals surface area contributed by atoms with E-state index in [9.17, 15) is 0 Å². The Morgan fingerprint density at radius 3 is 2.59 bits per heavy atom. The zero-order chi connectivity index (χ0) is 18.9. The fraction of sp³-hybridized carbons (Fsp3) is 0.667. The highest BCUT2D eigenvalue weighted by Gasteiger charge is 2.14. The number of aliphatic imine (C=N–C) groups is 1. The highest BCUT2D eigenvalue weighted by molar-refractivity contribution is 14.0. The Labute approximate surface area is 183 Å². The molecule has 0 aromatic heterocycles. The van der Waals surface area contributed by atoms with Gasteiger partial charge in [-0.1, -0.05) is 19.1 Å². The maximum Gasteiger partial charge on any atom is 0.191 e. The summed E-state index contributed by atoms with van der Waals surface area (Å²) >= 11 is 0. The summed E-state index contributed by atoms with van der Waals surface area (Å²) in [4.78, 5) is 9.24. The lowest BCUT2D eigenvalue weighted by Gasteiger charge is -2.25. The number of benzene rings is 1. The van der Waals surface area contributed by atoms with Crippen molar-refractivity contribution in [2.45, 2.75) is 52.1 Å². The van der Waals surface area contributed by atoms with Crippen LogP contribution < -0.4 is 15.5 Å². The Morgan fingerprint density at radius 2 is 1.96 bits per heavy atom. The van der Waals surface area contributed by atoms with Crippen molar-refractivity contribution in [3.8, 4) is 0 Å². The van der Waals surface area contributed by atoms with Gasteiger partial charge in [-0.3, -0.25) is 4.99 Å². The molecule has 2 atom stereocenters. The van der Waals surface area contributed by atoms with Gasteiger partial charge in [0, 0.05) is 45.0 Å². The summed E-state index contributed by atoms with van der Waals surface area (Å²) in [5, 5.41) is 6.96. The molecule has 1 aromatic rings. The Kier molecular flexibility index (Phi) is 11.1. The van der Waals surface area contributed by atoms with Gasteiger partial charge < -0.3 is 20.4 Å². The molecule has 2 rings (SSSR count). The summed E-state index contributed by atoms with van der Waals surface area (Å²) in [5.74, 6) is 0.863. The number of likely N-dealkylation sites (N-methyl/N-ethyl adjacent to an activating group) is 1. The van der Waals surface area contributed by atoms with E-state index in [0.717, 1.165) is 19.0 Å². The molecule has 5 nitrogen and oxygen atoms in total. The lowest BCUT2D eigenvalue weighted by Crippen LogP contribution is -2.43. The lowest BCUT2D eigenvalue weighted by atomic mass is 10.1. The van der Waals surface area contributed by atoms with Crippen LogP contribution in [0.4, 0.5) is 5.69 Å². The molecule has 0 saturated carbocycles. The van der Waals surface area contributed by atoms with E-state index >= 15 is 0 Å². The van der Waals surface area contributed by atoms with Gasteiger partial charge in [-0.15, -0.1) is 24.0 Å². The Morgan fingerprint density at radius 1 is 1.26 bits per heavy atom. The number of hydrogen-bond acceptors (Lipinski definition) is 3. The normalized spacial score (nSPS) is 16.8. The summed E-state index contributed by atoms with van der Waals surface area (Å²) < 4.78 is 0. The number of halogens is 1. The first-order chi connectivity index (χ1) is 12.5. The molecule has 2 unspecified atom stereocenters. The fourth-order valence-electron chi connectivity index (χ4n) is 3.33. The van der Waals surface area contributed by atoms with Crippen LogP contribution in [0, 0.1) is 0 Å². The van der Waals surface area contributed by atoms with E-state index in [4.69, 9.17) is 0 Å². The summed E-state index contributed by atoms with van der Waals surface area (Å²) in [6.07, 6.45) is 3.78. The average molecular weight is 487 g/mol. The third-order valence-corrected chi connectivity index (χ3v) is 5.52. The second-order valence-electron chi connectivity index (χ2n) is 7.39. The van der Waals surface area contributed by atoms with Crippen LogP contribution in [0.1, 0.15) is 51.6 Å². The van der Waals surface area contributed by atoms with Crippen LogP contribution in [0.5, 0.6) is 0 Å². The van der Waals surface area contributed by atoms with Crippen LogP contribution in [0.15, 0.2) is 29.3 Å². The number of hydrogen-bond donors (Lipinski definition) is 2. The first kappa shape index (κ1) is 24.0. The Hall–Kier alpha value is -1.02. The lowest BCUT2D eigenvalue weighted by molar-refractivity contribution is 0.255. The van der Waals surface area contributed by atoms with E-state index in [1.165, 1.54) is 43.6 Å². The van der Waals surface area contributed by atoms with Crippen LogP contribution in [-0.2, 0) is 0 Å². The molecule has 0 aliphatic carbocycles. The van der Waals surface area contributed by atoms with E-state index in [2.05, 4.69) is 77.5 Å². The summed E-state index contributed by atoms with van der Waals surface area (Å²) in [6.45, 7) is 10.9. The number of nitrogens with one attached hydrogen (secondary N) is 2. The fourth-order valence-corrected chi connectivity index (χ4v) is 3.33. The van der Waals surface area contributed by atoms with Crippen LogP contribution in [0.2, 0.25) is 0 Å². The summed E-state index contributed by atoms with van der Waals surface area (Å²) in [7, 11) is 4.01. The van der Waals surface area contributed by atoms with Gasteiger partial charge in [0.15, 0.2) is 5.96 Å². The van der Waals surface area contributed by atoms with Crippen LogP contribution in [-0.4, -0.2) is 57.2 Å². The number of guanidine groups is 1. The van der Waals surface area contributed by atoms with E-state index in [1.54, 1.807) is 0 Å².